The number of halogens is 1. The normalized spacial score (nSPS) is 11.5. The van der Waals surface area contributed by atoms with E-state index in [0.29, 0.717) is 39.9 Å². The Morgan fingerprint density at radius 2 is 1.69 bits per heavy atom. The van der Waals surface area contributed by atoms with Crippen LogP contribution in [0.2, 0.25) is 5.15 Å². The lowest BCUT2D eigenvalue weighted by Crippen LogP contribution is -2.22. The SMILES string of the molecule is C=C/C=C(\C=C)c1nc2ccccn2c1NC(=O)Nc1c(-c2ccccc2)nc2ccc(Cl)nn12. The van der Waals surface area contributed by atoms with Crippen LogP contribution in [0.4, 0.5) is 16.4 Å². The van der Waals surface area contributed by atoms with Crippen molar-refractivity contribution in [3.05, 3.63) is 109 Å². The van der Waals surface area contributed by atoms with Gasteiger partial charge in [0.2, 0.25) is 0 Å². The molecule has 0 aliphatic rings. The van der Waals surface area contributed by atoms with Crippen molar-refractivity contribution in [2.24, 2.45) is 0 Å². The fourth-order valence-corrected chi connectivity index (χ4v) is 3.89. The third kappa shape index (κ3) is 4.18. The van der Waals surface area contributed by atoms with Gasteiger partial charge in [-0.2, -0.15) is 9.61 Å². The van der Waals surface area contributed by atoms with Gasteiger partial charge in [-0.25, -0.2) is 14.8 Å². The molecule has 0 atom stereocenters. The molecule has 0 aliphatic heterocycles. The van der Waals surface area contributed by atoms with Crippen LogP contribution in [-0.2, 0) is 0 Å². The Morgan fingerprint density at radius 3 is 2.46 bits per heavy atom. The summed E-state index contributed by atoms with van der Waals surface area (Å²) in [5.74, 6) is 0.860. The van der Waals surface area contributed by atoms with E-state index in [4.69, 9.17) is 11.6 Å². The zero-order valence-corrected chi connectivity index (χ0v) is 19.3. The second-order valence-corrected chi connectivity index (χ2v) is 7.87. The molecular formula is C26H20ClN7O. The summed E-state index contributed by atoms with van der Waals surface area (Å²) in [6.45, 7) is 7.63. The van der Waals surface area contributed by atoms with Crippen LogP contribution < -0.4 is 10.6 Å². The molecule has 1 aromatic carbocycles. The zero-order chi connectivity index (χ0) is 24.4. The third-order valence-electron chi connectivity index (χ3n) is 5.28. The maximum absolute atomic E-state index is 13.3. The number of carbonyl (C=O) groups excluding carboxylic acids is 1. The number of imidazole rings is 2. The average molecular weight is 482 g/mol. The summed E-state index contributed by atoms with van der Waals surface area (Å²) in [5.41, 5.74) is 3.87. The first kappa shape index (κ1) is 22.1. The predicted octanol–water partition coefficient (Wildman–Crippen LogP) is 6.10. The van der Waals surface area contributed by atoms with Crippen LogP contribution in [0.25, 0.3) is 28.1 Å². The van der Waals surface area contributed by atoms with Crippen LogP contribution in [0, 0.1) is 0 Å². The van der Waals surface area contributed by atoms with E-state index in [0.717, 1.165) is 5.56 Å². The summed E-state index contributed by atoms with van der Waals surface area (Å²) in [7, 11) is 0. The second kappa shape index (κ2) is 9.28. The van der Waals surface area contributed by atoms with Crippen molar-refractivity contribution in [3.63, 3.8) is 0 Å². The lowest BCUT2D eigenvalue weighted by Gasteiger charge is -2.11. The first-order chi connectivity index (χ1) is 17.1. The van der Waals surface area contributed by atoms with Gasteiger partial charge in [-0.3, -0.25) is 15.0 Å². The van der Waals surface area contributed by atoms with E-state index in [1.54, 1.807) is 34.8 Å². The van der Waals surface area contributed by atoms with Crippen molar-refractivity contribution in [3.8, 4) is 11.3 Å². The molecule has 9 heteroatoms. The predicted molar refractivity (Wildman–Crippen MR) is 140 cm³/mol. The maximum Gasteiger partial charge on any atom is 0.326 e. The van der Waals surface area contributed by atoms with Crippen LogP contribution >= 0.6 is 11.6 Å². The van der Waals surface area contributed by atoms with E-state index in [2.05, 4.69) is 38.9 Å². The van der Waals surface area contributed by atoms with Crippen LogP contribution in [0.1, 0.15) is 5.69 Å². The highest BCUT2D eigenvalue weighted by Gasteiger charge is 2.21. The van der Waals surface area contributed by atoms with Gasteiger partial charge < -0.3 is 0 Å². The summed E-state index contributed by atoms with van der Waals surface area (Å²) < 4.78 is 3.30. The quantitative estimate of drug-likeness (QED) is 0.287. The Morgan fingerprint density at radius 1 is 0.914 bits per heavy atom. The molecule has 0 saturated carbocycles. The number of amides is 2. The number of hydrogen-bond acceptors (Lipinski definition) is 4. The molecule has 0 unspecified atom stereocenters. The molecule has 0 saturated heterocycles. The highest BCUT2D eigenvalue weighted by molar-refractivity contribution is 6.29. The molecule has 8 nitrogen and oxygen atoms in total. The number of nitrogens with one attached hydrogen (secondary N) is 2. The Hall–Kier alpha value is -4.69. The van der Waals surface area contributed by atoms with E-state index in [1.807, 2.05) is 54.7 Å². The lowest BCUT2D eigenvalue weighted by atomic mass is 10.1. The van der Waals surface area contributed by atoms with E-state index >= 15 is 0 Å². The lowest BCUT2D eigenvalue weighted by molar-refractivity contribution is 0.262. The molecule has 0 fully saturated rings. The van der Waals surface area contributed by atoms with Crippen LogP contribution in [-0.4, -0.2) is 30.0 Å². The Labute approximate surface area is 205 Å². The standard InChI is InChI=1S/C26H20ClN7O/c1-3-10-17(4-2)22-24(33-16-9-8-13-20(33)28-22)30-26(35)31-25-23(18-11-6-5-7-12-18)29-21-15-14-19(27)32-34(21)25/h3-16H,1-2H2,(H2,30,31,35)/b17-10+. The Bertz CT molecular complexity index is 1620. The number of allylic oxidation sites excluding steroid dienone is 4. The monoisotopic (exact) mass is 481 g/mol. The second-order valence-electron chi connectivity index (χ2n) is 7.48. The molecule has 4 aromatic heterocycles. The van der Waals surface area contributed by atoms with Crippen molar-refractivity contribution >= 4 is 46.1 Å². The fraction of sp³-hybridized carbons (Fsp3) is 0. The van der Waals surface area contributed by atoms with Crippen LogP contribution in [0.5, 0.6) is 0 Å². The molecule has 0 aliphatic carbocycles. The molecule has 4 heterocycles. The summed E-state index contributed by atoms with van der Waals surface area (Å²) in [6.07, 6.45) is 6.91. The molecule has 5 rings (SSSR count). The summed E-state index contributed by atoms with van der Waals surface area (Å²) in [5, 5.41) is 10.4. The number of pyridine rings is 1. The van der Waals surface area contributed by atoms with Gasteiger partial charge in [0.1, 0.15) is 28.0 Å². The number of hydrogen-bond donors (Lipinski definition) is 2. The minimum atomic E-state index is -0.500. The number of carbonyl (C=O) groups is 1. The first-order valence-electron chi connectivity index (χ1n) is 10.7. The minimum Gasteiger partial charge on any atom is -0.291 e. The Kier molecular flexibility index (Phi) is 5.87. The van der Waals surface area contributed by atoms with Crippen molar-refractivity contribution < 1.29 is 4.79 Å². The molecule has 5 aromatic rings. The molecule has 0 spiro atoms. The smallest absolute Gasteiger partial charge is 0.291 e. The maximum atomic E-state index is 13.3. The average Bonchev–Trinajstić information content (AvgIpc) is 3.41. The zero-order valence-electron chi connectivity index (χ0n) is 18.5. The van der Waals surface area contributed by atoms with Gasteiger partial charge in [-0.1, -0.05) is 79.4 Å². The number of benzene rings is 1. The number of rotatable bonds is 6. The molecule has 2 N–H and O–H groups in total. The third-order valence-corrected chi connectivity index (χ3v) is 5.48. The van der Waals surface area contributed by atoms with Gasteiger partial charge in [-0.15, -0.1) is 0 Å². The van der Waals surface area contributed by atoms with E-state index < -0.39 is 6.03 Å². The van der Waals surface area contributed by atoms with Gasteiger partial charge in [0.15, 0.2) is 11.5 Å². The highest BCUT2D eigenvalue weighted by Crippen LogP contribution is 2.30. The summed E-state index contributed by atoms with van der Waals surface area (Å²) >= 11 is 6.14. The molecule has 172 valence electrons. The van der Waals surface area contributed by atoms with Crippen molar-refractivity contribution in [1.82, 2.24) is 24.0 Å². The Balaban J connectivity index is 1.58. The van der Waals surface area contributed by atoms with Gasteiger partial charge in [0.05, 0.1) is 0 Å². The highest BCUT2D eigenvalue weighted by atomic mass is 35.5. The number of aromatic nitrogens is 5. The van der Waals surface area contributed by atoms with Gasteiger partial charge >= 0.3 is 6.03 Å². The van der Waals surface area contributed by atoms with Crippen LogP contribution in [0.3, 0.4) is 0 Å². The van der Waals surface area contributed by atoms with E-state index in [9.17, 15) is 4.79 Å². The number of fused-ring (bicyclic) bond motifs is 2. The van der Waals surface area contributed by atoms with Gasteiger partial charge in [-0.05, 0) is 24.3 Å². The molecular weight excluding hydrogens is 462 g/mol. The van der Waals surface area contributed by atoms with Crippen molar-refractivity contribution in [2.75, 3.05) is 10.6 Å². The molecule has 2 amide bonds. The largest absolute Gasteiger partial charge is 0.326 e. The van der Waals surface area contributed by atoms with Gasteiger partial charge in [0.25, 0.3) is 0 Å². The molecule has 35 heavy (non-hydrogen) atoms. The molecule has 0 radical (unpaired) electrons. The van der Waals surface area contributed by atoms with E-state index in [-0.39, 0.29) is 5.15 Å². The van der Waals surface area contributed by atoms with Gasteiger partial charge in [0, 0.05) is 17.3 Å². The fourth-order valence-electron chi connectivity index (χ4n) is 3.75. The number of anilines is 2. The van der Waals surface area contributed by atoms with Crippen molar-refractivity contribution in [2.45, 2.75) is 0 Å². The number of nitrogens with zero attached hydrogens (tertiary/aromatic N) is 5. The summed E-state index contributed by atoms with van der Waals surface area (Å²) in [4.78, 5) is 22.6. The summed E-state index contributed by atoms with van der Waals surface area (Å²) in [6, 6.07) is 18.0. The minimum absolute atomic E-state index is 0.271. The topological polar surface area (TPSA) is 88.6 Å². The number of urea groups is 1. The van der Waals surface area contributed by atoms with Crippen LogP contribution in [0.15, 0.2) is 98.2 Å². The van der Waals surface area contributed by atoms with Crippen molar-refractivity contribution in [1.29, 1.82) is 0 Å². The molecule has 0 bridgehead atoms. The van der Waals surface area contributed by atoms with E-state index in [1.165, 1.54) is 4.52 Å². The first-order valence-corrected chi connectivity index (χ1v) is 11.1.